The van der Waals surface area contributed by atoms with E-state index in [9.17, 15) is 18.0 Å². The first-order valence-corrected chi connectivity index (χ1v) is 10.2. The summed E-state index contributed by atoms with van der Waals surface area (Å²) in [6, 6.07) is 16.3. The van der Waals surface area contributed by atoms with E-state index in [1.165, 1.54) is 24.4 Å². The van der Waals surface area contributed by atoms with E-state index in [0.29, 0.717) is 22.9 Å². The molecule has 5 rings (SSSR count). The van der Waals surface area contributed by atoms with Crippen molar-refractivity contribution in [3.8, 4) is 5.69 Å². The van der Waals surface area contributed by atoms with Crippen LogP contribution in [0.2, 0.25) is 5.02 Å². The normalized spacial score (nSPS) is 13.0. The number of carbonyl (C=O) groups excluding carboxylic acids is 1. The standard InChI is InChI=1S/C23H15ClF3N5O/c24-17-12-15(32-11-9-20(30-32)23(25,26)27)7-8-16(17)22(33)31-13-14-4-3-10-28-21(14)29-18-5-1-2-6-19(18)31/h1-12H,13H2,(H,28,29). The molecular weight excluding hydrogens is 455 g/mol. The van der Waals surface area contributed by atoms with Crippen LogP contribution in [-0.4, -0.2) is 20.7 Å². The summed E-state index contributed by atoms with van der Waals surface area (Å²) in [5.41, 5.74) is 1.70. The molecule has 0 fully saturated rings. The number of halogens is 4. The average molecular weight is 470 g/mol. The number of para-hydroxylation sites is 2. The number of fused-ring (bicyclic) bond motifs is 2. The highest BCUT2D eigenvalue weighted by molar-refractivity contribution is 6.34. The van der Waals surface area contributed by atoms with E-state index in [0.717, 1.165) is 16.3 Å². The molecule has 0 atom stereocenters. The minimum absolute atomic E-state index is 0.0997. The van der Waals surface area contributed by atoms with Crippen LogP contribution in [0.15, 0.2) is 73.1 Å². The van der Waals surface area contributed by atoms with Crippen LogP contribution in [0.25, 0.3) is 5.69 Å². The molecule has 0 saturated carbocycles. The van der Waals surface area contributed by atoms with Crippen molar-refractivity contribution in [2.75, 3.05) is 10.2 Å². The summed E-state index contributed by atoms with van der Waals surface area (Å²) >= 11 is 6.42. The number of aromatic nitrogens is 3. The first-order chi connectivity index (χ1) is 15.8. The molecule has 10 heteroatoms. The molecule has 2 aromatic carbocycles. The topological polar surface area (TPSA) is 63.1 Å². The van der Waals surface area contributed by atoms with Gasteiger partial charge in [-0.15, -0.1) is 0 Å². The van der Waals surface area contributed by atoms with Crippen molar-refractivity contribution in [1.29, 1.82) is 0 Å². The predicted octanol–water partition coefficient (Wildman–Crippen LogP) is 5.84. The van der Waals surface area contributed by atoms with E-state index in [1.807, 2.05) is 30.3 Å². The Kier molecular flexibility index (Phi) is 5.05. The number of amides is 1. The van der Waals surface area contributed by atoms with Crippen LogP contribution >= 0.6 is 11.6 Å². The van der Waals surface area contributed by atoms with E-state index in [-0.39, 0.29) is 23.0 Å². The zero-order valence-electron chi connectivity index (χ0n) is 16.8. The monoisotopic (exact) mass is 469 g/mol. The van der Waals surface area contributed by atoms with E-state index in [2.05, 4.69) is 15.4 Å². The minimum Gasteiger partial charge on any atom is -0.338 e. The van der Waals surface area contributed by atoms with Crippen LogP contribution in [0, 0.1) is 0 Å². The van der Waals surface area contributed by atoms with Gasteiger partial charge in [0, 0.05) is 18.0 Å². The lowest BCUT2D eigenvalue weighted by molar-refractivity contribution is -0.141. The van der Waals surface area contributed by atoms with Crippen molar-refractivity contribution in [1.82, 2.24) is 14.8 Å². The number of pyridine rings is 1. The second-order valence-corrected chi connectivity index (χ2v) is 7.76. The Morgan fingerprint density at radius 2 is 1.88 bits per heavy atom. The van der Waals surface area contributed by atoms with E-state index < -0.39 is 11.9 Å². The molecule has 0 aliphatic carbocycles. The van der Waals surface area contributed by atoms with Crippen molar-refractivity contribution >= 4 is 34.7 Å². The number of nitrogens with one attached hydrogen (secondary N) is 1. The molecule has 2 aromatic heterocycles. The Morgan fingerprint density at radius 1 is 1.06 bits per heavy atom. The number of alkyl halides is 3. The van der Waals surface area contributed by atoms with Gasteiger partial charge in [0.1, 0.15) is 5.82 Å². The summed E-state index contributed by atoms with van der Waals surface area (Å²) in [6.45, 7) is 0.262. The molecule has 3 heterocycles. The lowest BCUT2D eigenvalue weighted by Crippen LogP contribution is -2.30. The number of hydrogen-bond acceptors (Lipinski definition) is 4. The molecular formula is C23H15ClF3N5O. The predicted molar refractivity (Wildman–Crippen MR) is 118 cm³/mol. The molecule has 0 bridgehead atoms. The largest absolute Gasteiger partial charge is 0.435 e. The van der Waals surface area contributed by atoms with Gasteiger partial charge < -0.3 is 10.2 Å². The van der Waals surface area contributed by atoms with Crippen molar-refractivity contribution in [3.05, 3.63) is 94.9 Å². The van der Waals surface area contributed by atoms with Gasteiger partial charge in [-0.2, -0.15) is 18.3 Å². The molecule has 4 aromatic rings. The Morgan fingerprint density at radius 3 is 2.64 bits per heavy atom. The molecule has 1 N–H and O–H groups in total. The third-order valence-electron chi connectivity index (χ3n) is 5.24. The SMILES string of the molecule is O=C(c1ccc(-n2ccc(C(F)(F)F)n2)cc1Cl)N1Cc2cccnc2Nc2ccccc21. The summed E-state index contributed by atoms with van der Waals surface area (Å²) in [4.78, 5) is 19.5. The van der Waals surface area contributed by atoms with Gasteiger partial charge in [-0.05, 0) is 42.5 Å². The summed E-state index contributed by atoms with van der Waals surface area (Å²) in [5, 5.41) is 6.90. The van der Waals surface area contributed by atoms with Gasteiger partial charge in [-0.3, -0.25) is 4.79 Å². The molecule has 0 unspecified atom stereocenters. The van der Waals surface area contributed by atoms with Gasteiger partial charge in [0.25, 0.3) is 5.91 Å². The second kappa shape index (κ2) is 7.93. The Balaban J connectivity index is 1.51. The molecule has 0 radical (unpaired) electrons. The third-order valence-corrected chi connectivity index (χ3v) is 5.55. The van der Waals surface area contributed by atoms with Gasteiger partial charge in [0.05, 0.1) is 34.2 Å². The van der Waals surface area contributed by atoms with Crippen molar-refractivity contribution in [2.24, 2.45) is 0 Å². The van der Waals surface area contributed by atoms with E-state index >= 15 is 0 Å². The van der Waals surface area contributed by atoms with Crippen molar-refractivity contribution < 1.29 is 18.0 Å². The summed E-state index contributed by atoms with van der Waals surface area (Å²) in [7, 11) is 0. The number of carbonyl (C=O) groups is 1. The molecule has 1 amide bonds. The highest BCUT2D eigenvalue weighted by Gasteiger charge is 2.34. The van der Waals surface area contributed by atoms with E-state index in [4.69, 9.17) is 11.6 Å². The highest BCUT2D eigenvalue weighted by atomic mass is 35.5. The smallest absolute Gasteiger partial charge is 0.338 e. The summed E-state index contributed by atoms with van der Waals surface area (Å²) in [6.07, 6.45) is -1.69. The fourth-order valence-electron chi connectivity index (χ4n) is 3.64. The second-order valence-electron chi connectivity index (χ2n) is 7.35. The quantitative estimate of drug-likeness (QED) is 0.400. The summed E-state index contributed by atoms with van der Waals surface area (Å²) < 4.78 is 39.7. The fraction of sp³-hybridized carbons (Fsp3) is 0.0870. The third kappa shape index (κ3) is 3.91. The Hall–Kier alpha value is -3.85. The van der Waals surface area contributed by atoms with Gasteiger partial charge in [0.15, 0.2) is 5.69 Å². The number of anilines is 3. The van der Waals surface area contributed by atoms with Crippen molar-refractivity contribution in [3.63, 3.8) is 0 Å². The number of rotatable bonds is 2. The maximum Gasteiger partial charge on any atom is 0.435 e. The number of hydrogen-bond donors (Lipinski definition) is 1. The molecule has 1 aliphatic rings. The van der Waals surface area contributed by atoms with Gasteiger partial charge >= 0.3 is 6.18 Å². The first kappa shape index (κ1) is 21.0. The Labute approximate surface area is 191 Å². The molecule has 0 saturated heterocycles. The van der Waals surface area contributed by atoms with Crippen LogP contribution in [-0.2, 0) is 12.7 Å². The maximum absolute atomic E-state index is 13.6. The van der Waals surface area contributed by atoms with Crippen LogP contribution in [0.5, 0.6) is 0 Å². The molecule has 166 valence electrons. The average Bonchev–Trinajstić information content (AvgIpc) is 3.23. The minimum atomic E-state index is -4.55. The lowest BCUT2D eigenvalue weighted by Gasteiger charge is -2.23. The van der Waals surface area contributed by atoms with Crippen LogP contribution in [0.1, 0.15) is 21.6 Å². The van der Waals surface area contributed by atoms with Gasteiger partial charge in [0.2, 0.25) is 0 Å². The first-order valence-electron chi connectivity index (χ1n) is 9.86. The van der Waals surface area contributed by atoms with Gasteiger partial charge in [-0.25, -0.2) is 9.67 Å². The van der Waals surface area contributed by atoms with Crippen molar-refractivity contribution in [2.45, 2.75) is 12.7 Å². The molecule has 0 spiro atoms. The zero-order chi connectivity index (χ0) is 23.2. The molecule has 1 aliphatic heterocycles. The number of benzene rings is 2. The fourth-order valence-corrected chi connectivity index (χ4v) is 3.90. The van der Waals surface area contributed by atoms with Crippen LogP contribution in [0.4, 0.5) is 30.4 Å². The van der Waals surface area contributed by atoms with Crippen LogP contribution < -0.4 is 10.2 Å². The summed E-state index contributed by atoms with van der Waals surface area (Å²) in [5.74, 6) is 0.301. The number of nitrogens with zero attached hydrogens (tertiary/aromatic N) is 4. The van der Waals surface area contributed by atoms with Crippen LogP contribution in [0.3, 0.4) is 0 Å². The zero-order valence-corrected chi connectivity index (χ0v) is 17.6. The maximum atomic E-state index is 13.6. The lowest BCUT2D eigenvalue weighted by atomic mass is 10.1. The van der Waals surface area contributed by atoms with E-state index in [1.54, 1.807) is 17.2 Å². The molecule has 33 heavy (non-hydrogen) atoms. The highest BCUT2D eigenvalue weighted by Crippen LogP contribution is 2.36. The van der Waals surface area contributed by atoms with Gasteiger partial charge in [-0.1, -0.05) is 29.8 Å². The Bertz CT molecular complexity index is 1370. The molecule has 6 nitrogen and oxygen atoms in total.